The maximum absolute atomic E-state index is 11.4. The summed E-state index contributed by atoms with van der Waals surface area (Å²) in [4.78, 5) is -0.0781. The molecule has 0 saturated heterocycles. The van der Waals surface area contributed by atoms with E-state index in [1.54, 1.807) is 24.3 Å². The number of fused-ring (bicyclic) bond motifs is 1. The van der Waals surface area contributed by atoms with Gasteiger partial charge in [0.15, 0.2) is 0 Å². The Morgan fingerprint density at radius 2 is 1.67 bits per heavy atom. The standard InChI is InChI=1S/C13H14O3S.K/c1-9(2)11-8-7-10-5-3-4-6-12(10)13(11)17(14,15)16;/h3-9H,1-2H3,(H,14,15,16);/q;+1/p-1. The molecule has 0 fully saturated rings. The Hall–Kier alpha value is 0.246. The van der Waals surface area contributed by atoms with Gasteiger partial charge in [-0.2, -0.15) is 0 Å². The van der Waals surface area contributed by atoms with Crippen LogP contribution >= 0.6 is 0 Å². The van der Waals surface area contributed by atoms with Crippen LogP contribution in [0.3, 0.4) is 0 Å². The van der Waals surface area contributed by atoms with Crippen molar-refractivity contribution >= 4 is 20.9 Å². The summed E-state index contributed by atoms with van der Waals surface area (Å²) in [6.45, 7) is 3.75. The molecular weight excluding hydrogens is 275 g/mol. The minimum absolute atomic E-state index is 0. The maximum Gasteiger partial charge on any atom is 1.00 e. The van der Waals surface area contributed by atoms with Gasteiger partial charge in [0.2, 0.25) is 0 Å². The minimum Gasteiger partial charge on any atom is -0.744 e. The number of rotatable bonds is 2. The van der Waals surface area contributed by atoms with Gasteiger partial charge in [0.25, 0.3) is 0 Å². The van der Waals surface area contributed by atoms with Crippen LogP contribution in [0.2, 0.25) is 0 Å². The van der Waals surface area contributed by atoms with Crippen molar-refractivity contribution in [3.05, 3.63) is 42.0 Å². The second-order valence-electron chi connectivity index (χ2n) is 4.31. The molecule has 0 spiro atoms. The quantitative estimate of drug-likeness (QED) is 0.571. The van der Waals surface area contributed by atoms with E-state index in [0.29, 0.717) is 10.9 Å². The summed E-state index contributed by atoms with van der Waals surface area (Å²) in [7, 11) is -4.46. The summed E-state index contributed by atoms with van der Waals surface area (Å²) >= 11 is 0. The van der Waals surface area contributed by atoms with Gasteiger partial charge in [-0.05, 0) is 22.3 Å². The van der Waals surface area contributed by atoms with Gasteiger partial charge in [0.05, 0.1) is 4.90 Å². The Bertz CT molecular complexity index is 663. The van der Waals surface area contributed by atoms with Crippen molar-refractivity contribution in [2.75, 3.05) is 0 Å². The fourth-order valence-corrected chi connectivity index (χ4v) is 3.04. The van der Waals surface area contributed by atoms with E-state index in [1.165, 1.54) is 0 Å². The predicted molar refractivity (Wildman–Crippen MR) is 66.0 cm³/mol. The van der Waals surface area contributed by atoms with Gasteiger partial charge >= 0.3 is 51.4 Å². The fraction of sp³-hybridized carbons (Fsp3) is 0.231. The monoisotopic (exact) mass is 288 g/mol. The average Bonchev–Trinajstić information content (AvgIpc) is 2.26. The normalized spacial score (nSPS) is 11.6. The molecule has 18 heavy (non-hydrogen) atoms. The molecule has 2 aromatic rings. The Morgan fingerprint density at radius 3 is 2.22 bits per heavy atom. The van der Waals surface area contributed by atoms with Crippen LogP contribution in [-0.4, -0.2) is 13.0 Å². The summed E-state index contributed by atoms with van der Waals surface area (Å²) < 4.78 is 34.2. The van der Waals surface area contributed by atoms with Crippen molar-refractivity contribution < 1.29 is 64.4 Å². The van der Waals surface area contributed by atoms with Gasteiger partial charge in [0.1, 0.15) is 10.1 Å². The van der Waals surface area contributed by atoms with Crippen LogP contribution in [-0.2, 0) is 10.1 Å². The van der Waals surface area contributed by atoms with Gasteiger partial charge in [-0.25, -0.2) is 8.42 Å². The molecule has 0 aliphatic rings. The van der Waals surface area contributed by atoms with Gasteiger partial charge < -0.3 is 4.55 Å². The molecule has 0 aromatic heterocycles. The van der Waals surface area contributed by atoms with Gasteiger partial charge in [-0.1, -0.05) is 50.2 Å². The van der Waals surface area contributed by atoms with Crippen molar-refractivity contribution in [3.8, 4) is 0 Å². The molecule has 0 atom stereocenters. The summed E-state index contributed by atoms with van der Waals surface area (Å²) in [5.74, 6) is -0.00155. The van der Waals surface area contributed by atoms with Crippen molar-refractivity contribution in [3.63, 3.8) is 0 Å². The van der Waals surface area contributed by atoms with E-state index in [1.807, 2.05) is 26.0 Å². The summed E-state index contributed by atoms with van der Waals surface area (Å²) in [6, 6.07) is 10.6. The molecule has 2 rings (SSSR count). The van der Waals surface area contributed by atoms with Crippen LogP contribution in [0.5, 0.6) is 0 Å². The molecule has 3 nitrogen and oxygen atoms in total. The molecule has 0 radical (unpaired) electrons. The molecule has 0 bridgehead atoms. The van der Waals surface area contributed by atoms with Gasteiger partial charge in [-0.3, -0.25) is 0 Å². The molecule has 0 N–H and O–H groups in total. The van der Waals surface area contributed by atoms with Crippen LogP contribution in [0.1, 0.15) is 25.3 Å². The van der Waals surface area contributed by atoms with E-state index in [-0.39, 0.29) is 62.2 Å². The SMILES string of the molecule is CC(C)c1ccc2ccccc2c1S(=O)(=O)[O-].[K+]. The molecule has 2 aromatic carbocycles. The zero-order valence-electron chi connectivity index (χ0n) is 10.7. The summed E-state index contributed by atoms with van der Waals surface area (Å²) in [6.07, 6.45) is 0. The molecule has 0 heterocycles. The molecule has 0 unspecified atom stereocenters. The fourth-order valence-electron chi connectivity index (χ4n) is 1.99. The molecule has 0 aliphatic carbocycles. The van der Waals surface area contributed by atoms with Crippen molar-refractivity contribution in [2.45, 2.75) is 24.7 Å². The molecule has 90 valence electrons. The van der Waals surface area contributed by atoms with E-state index < -0.39 is 10.1 Å². The summed E-state index contributed by atoms with van der Waals surface area (Å²) in [5.41, 5.74) is 0.582. The summed E-state index contributed by atoms with van der Waals surface area (Å²) in [5, 5.41) is 1.28. The van der Waals surface area contributed by atoms with E-state index in [2.05, 4.69) is 0 Å². The zero-order chi connectivity index (χ0) is 12.6. The van der Waals surface area contributed by atoms with Crippen LogP contribution in [0, 0.1) is 0 Å². The predicted octanol–water partition coefficient (Wildman–Crippen LogP) is -0.129. The topological polar surface area (TPSA) is 57.2 Å². The Balaban J connectivity index is 0.00000162. The zero-order valence-corrected chi connectivity index (χ0v) is 14.6. The van der Waals surface area contributed by atoms with E-state index in [9.17, 15) is 13.0 Å². The third kappa shape index (κ3) is 3.22. The molecule has 0 saturated carbocycles. The van der Waals surface area contributed by atoms with Gasteiger partial charge in [-0.15, -0.1) is 0 Å². The van der Waals surface area contributed by atoms with Crippen LogP contribution < -0.4 is 51.4 Å². The maximum atomic E-state index is 11.4. The first kappa shape index (κ1) is 16.3. The number of hydrogen-bond donors (Lipinski definition) is 0. The Kier molecular flexibility index (Phi) is 5.55. The van der Waals surface area contributed by atoms with E-state index >= 15 is 0 Å². The first-order chi connectivity index (χ1) is 7.91. The number of hydrogen-bond acceptors (Lipinski definition) is 3. The average molecular weight is 288 g/mol. The third-order valence-electron chi connectivity index (χ3n) is 2.78. The van der Waals surface area contributed by atoms with E-state index in [0.717, 1.165) is 5.39 Å². The van der Waals surface area contributed by atoms with Crippen LogP contribution in [0.4, 0.5) is 0 Å². The third-order valence-corrected chi connectivity index (χ3v) is 3.74. The second-order valence-corrected chi connectivity index (χ2v) is 5.63. The largest absolute Gasteiger partial charge is 1.00 e. The van der Waals surface area contributed by atoms with E-state index in [4.69, 9.17) is 0 Å². The molecule has 0 aliphatic heterocycles. The van der Waals surface area contributed by atoms with Gasteiger partial charge in [0, 0.05) is 0 Å². The first-order valence-corrected chi connectivity index (χ1v) is 6.79. The minimum atomic E-state index is -4.46. The van der Waals surface area contributed by atoms with Crippen molar-refractivity contribution in [1.82, 2.24) is 0 Å². The van der Waals surface area contributed by atoms with Crippen molar-refractivity contribution in [1.29, 1.82) is 0 Å². The molecular formula is C13H13KO3S. The smallest absolute Gasteiger partial charge is 0.744 e. The second kappa shape index (κ2) is 6.13. The van der Waals surface area contributed by atoms with Crippen molar-refractivity contribution in [2.24, 2.45) is 0 Å². The van der Waals surface area contributed by atoms with Crippen LogP contribution in [0.25, 0.3) is 10.8 Å². The molecule has 0 amide bonds. The van der Waals surface area contributed by atoms with Crippen LogP contribution in [0.15, 0.2) is 41.3 Å². The number of benzene rings is 2. The molecule has 5 heteroatoms. The Labute approximate surface area is 150 Å². The Morgan fingerprint density at radius 1 is 1.06 bits per heavy atom. The first-order valence-electron chi connectivity index (χ1n) is 5.39.